The van der Waals surface area contributed by atoms with E-state index in [4.69, 9.17) is 5.11 Å². The summed E-state index contributed by atoms with van der Waals surface area (Å²) in [5.74, 6) is -6.11. The van der Waals surface area contributed by atoms with Gasteiger partial charge in [-0.25, -0.2) is 13.2 Å². The van der Waals surface area contributed by atoms with Crippen LogP contribution in [-0.2, 0) is 11.2 Å². The van der Waals surface area contributed by atoms with Crippen molar-refractivity contribution in [3.05, 3.63) is 35.1 Å². The van der Waals surface area contributed by atoms with Gasteiger partial charge in [0.05, 0.1) is 5.92 Å². The second-order valence-corrected chi connectivity index (χ2v) is 3.28. The van der Waals surface area contributed by atoms with E-state index in [0.29, 0.717) is 0 Å². The van der Waals surface area contributed by atoms with E-state index < -0.39 is 29.3 Å². The molecule has 5 heteroatoms. The van der Waals surface area contributed by atoms with Crippen molar-refractivity contribution in [3.8, 4) is 0 Å². The zero-order valence-corrected chi connectivity index (χ0v) is 7.93. The minimum atomic E-state index is -1.56. The number of hydrogen-bond donors (Lipinski definition) is 1. The quantitative estimate of drug-likeness (QED) is 0.791. The van der Waals surface area contributed by atoms with Crippen LogP contribution in [0.25, 0.3) is 0 Å². The highest BCUT2D eigenvalue weighted by Crippen LogP contribution is 2.18. The van der Waals surface area contributed by atoms with E-state index in [1.807, 2.05) is 0 Å². The van der Waals surface area contributed by atoms with E-state index in [2.05, 4.69) is 0 Å². The predicted molar refractivity (Wildman–Crippen MR) is 46.8 cm³/mol. The van der Waals surface area contributed by atoms with Crippen molar-refractivity contribution in [2.75, 3.05) is 0 Å². The van der Waals surface area contributed by atoms with Crippen molar-refractivity contribution in [1.82, 2.24) is 0 Å². The van der Waals surface area contributed by atoms with E-state index in [-0.39, 0.29) is 12.0 Å². The lowest BCUT2D eigenvalue weighted by Gasteiger charge is -2.07. The molecule has 0 aliphatic carbocycles. The molecule has 0 heterocycles. The molecular formula is C10H9F3O2. The van der Waals surface area contributed by atoms with E-state index in [1.165, 1.54) is 6.92 Å². The Balaban J connectivity index is 2.97. The van der Waals surface area contributed by atoms with Crippen LogP contribution in [0.15, 0.2) is 12.1 Å². The molecule has 0 aliphatic heterocycles. The fourth-order valence-electron chi connectivity index (χ4n) is 1.14. The number of hydrogen-bond acceptors (Lipinski definition) is 1. The van der Waals surface area contributed by atoms with Gasteiger partial charge in [-0.3, -0.25) is 4.79 Å². The van der Waals surface area contributed by atoms with Crippen LogP contribution in [0.4, 0.5) is 13.2 Å². The molecule has 1 N–H and O–H groups in total. The Hall–Kier alpha value is -1.52. The fraction of sp³-hybridized carbons (Fsp3) is 0.300. The number of carboxylic acids is 1. The van der Waals surface area contributed by atoms with Gasteiger partial charge in [-0.1, -0.05) is 13.0 Å². The molecular weight excluding hydrogens is 209 g/mol. The highest BCUT2D eigenvalue weighted by molar-refractivity contribution is 5.69. The fourth-order valence-corrected chi connectivity index (χ4v) is 1.14. The van der Waals surface area contributed by atoms with Crippen molar-refractivity contribution >= 4 is 5.97 Å². The zero-order valence-electron chi connectivity index (χ0n) is 7.93. The smallest absolute Gasteiger partial charge is 0.306 e. The minimum absolute atomic E-state index is 0.135. The van der Waals surface area contributed by atoms with Crippen molar-refractivity contribution < 1.29 is 23.1 Å². The second-order valence-electron chi connectivity index (χ2n) is 3.28. The average Bonchev–Trinajstić information content (AvgIpc) is 2.18. The number of rotatable bonds is 3. The van der Waals surface area contributed by atoms with Crippen molar-refractivity contribution in [2.24, 2.45) is 5.92 Å². The lowest BCUT2D eigenvalue weighted by Crippen LogP contribution is -2.13. The molecule has 0 radical (unpaired) electrons. The third-order valence-electron chi connectivity index (χ3n) is 2.06. The molecule has 15 heavy (non-hydrogen) atoms. The molecule has 1 atom stereocenters. The first kappa shape index (κ1) is 11.6. The first-order valence-electron chi connectivity index (χ1n) is 4.28. The van der Waals surface area contributed by atoms with Crippen molar-refractivity contribution in [2.45, 2.75) is 13.3 Å². The van der Waals surface area contributed by atoms with Crippen molar-refractivity contribution in [1.29, 1.82) is 0 Å². The summed E-state index contributed by atoms with van der Waals surface area (Å²) in [7, 11) is 0. The minimum Gasteiger partial charge on any atom is -0.481 e. The van der Waals surface area contributed by atoms with E-state index in [0.717, 1.165) is 12.1 Å². The molecule has 1 rings (SSSR count). The second kappa shape index (κ2) is 4.33. The normalized spacial score (nSPS) is 12.5. The van der Waals surface area contributed by atoms with E-state index >= 15 is 0 Å². The van der Waals surface area contributed by atoms with Gasteiger partial charge in [0, 0.05) is 0 Å². The standard InChI is InChI=1S/C10H9F3O2/c1-5(10(14)15)4-6-2-3-7(11)9(13)8(6)12/h2-3,5H,4H2,1H3,(H,14,15). The molecule has 1 unspecified atom stereocenters. The Morgan fingerprint density at radius 2 is 1.93 bits per heavy atom. The summed E-state index contributed by atoms with van der Waals surface area (Å²) < 4.78 is 38.3. The summed E-state index contributed by atoms with van der Waals surface area (Å²) in [5, 5.41) is 8.57. The van der Waals surface area contributed by atoms with E-state index in [1.54, 1.807) is 0 Å². The summed E-state index contributed by atoms with van der Waals surface area (Å²) in [5.41, 5.74) is -0.135. The van der Waals surface area contributed by atoms with Crippen LogP contribution in [0.2, 0.25) is 0 Å². The predicted octanol–water partition coefficient (Wildman–Crippen LogP) is 2.37. The molecule has 1 aromatic rings. The van der Waals surface area contributed by atoms with Crippen LogP contribution >= 0.6 is 0 Å². The summed E-state index contributed by atoms with van der Waals surface area (Å²) in [4.78, 5) is 10.5. The average molecular weight is 218 g/mol. The van der Waals surface area contributed by atoms with Crippen LogP contribution in [0.5, 0.6) is 0 Å². The number of carbonyl (C=O) groups is 1. The Morgan fingerprint density at radius 3 is 2.47 bits per heavy atom. The topological polar surface area (TPSA) is 37.3 Å². The Bertz CT molecular complexity index is 390. The summed E-state index contributed by atoms with van der Waals surface area (Å²) >= 11 is 0. The van der Waals surface area contributed by atoms with Gasteiger partial charge >= 0.3 is 5.97 Å². The van der Waals surface area contributed by atoms with Gasteiger partial charge in [-0.05, 0) is 18.1 Å². The van der Waals surface area contributed by atoms with Crippen molar-refractivity contribution in [3.63, 3.8) is 0 Å². The Kier molecular flexibility index (Phi) is 3.34. The van der Waals surface area contributed by atoms with Gasteiger partial charge in [0.1, 0.15) is 0 Å². The molecule has 0 aromatic heterocycles. The van der Waals surface area contributed by atoms with Gasteiger partial charge in [-0.2, -0.15) is 0 Å². The number of benzene rings is 1. The molecule has 0 amide bonds. The highest BCUT2D eigenvalue weighted by Gasteiger charge is 2.18. The van der Waals surface area contributed by atoms with Crippen LogP contribution in [0.3, 0.4) is 0 Å². The maximum atomic E-state index is 13.1. The SMILES string of the molecule is CC(Cc1ccc(F)c(F)c1F)C(=O)O. The van der Waals surface area contributed by atoms with Gasteiger partial charge in [0.15, 0.2) is 17.5 Å². The summed E-state index contributed by atoms with van der Waals surface area (Å²) in [6.07, 6.45) is -0.168. The molecule has 0 saturated heterocycles. The zero-order chi connectivity index (χ0) is 11.6. The molecule has 0 fully saturated rings. The van der Waals surface area contributed by atoms with Crippen LogP contribution in [-0.4, -0.2) is 11.1 Å². The number of halogens is 3. The Morgan fingerprint density at radius 1 is 1.33 bits per heavy atom. The maximum Gasteiger partial charge on any atom is 0.306 e. The lowest BCUT2D eigenvalue weighted by molar-refractivity contribution is -0.141. The Labute approximate surface area is 84.3 Å². The van der Waals surface area contributed by atoms with E-state index in [9.17, 15) is 18.0 Å². The summed E-state index contributed by atoms with van der Waals surface area (Å²) in [6.45, 7) is 1.36. The monoisotopic (exact) mass is 218 g/mol. The number of aliphatic carboxylic acids is 1. The van der Waals surface area contributed by atoms with Crippen LogP contribution in [0, 0.1) is 23.4 Å². The highest BCUT2D eigenvalue weighted by atomic mass is 19.2. The molecule has 0 saturated carbocycles. The maximum absolute atomic E-state index is 13.1. The van der Waals surface area contributed by atoms with Crippen LogP contribution in [0.1, 0.15) is 12.5 Å². The van der Waals surface area contributed by atoms with Gasteiger partial charge < -0.3 is 5.11 Å². The van der Waals surface area contributed by atoms with Crippen LogP contribution < -0.4 is 0 Å². The van der Waals surface area contributed by atoms with Gasteiger partial charge in [-0.15, -0.1) is 0 Å². The molecule has 0 aliphatic rings. The third-order valence-corrected chi connectivity index (χ3v) is 2.06. The first-order chi connectivity index (χ1) is 6.93. The van der Waals surface area contributed by atoms with Gasteiger partial charge in [0.25, 0.3) is 0 Å². The molecule has 82 valence electrons. The summed E-state index contributed by atoms with van der Waals surface area (Å²) in [6, 6.07) is 1.83. The third kappa shape index (κ3) is 2.49. The molecule has 0 bridgehead atoms. The largest absolute Gasteiger partial charge is 0.481 e. The molecule has 2 nitrogen and oxygen atoms in total. The van der Waals surface area contributed by atoms with Gasteiger partial charge in [0.2, 0.25) is 0 Å². The lowest BCUT2D eigenvalue weighted by atomic mass is 10.0. The first-order valence-corrected chi connectivity index (χ1v) is 4.28. The molecule has 0 spiro atoms. The molecule has 1 aromatic carbocycles. The number of carboxylic acid groups (broad SMARTS) is 1.